The molecule has 0 aliphatic rings. The number of nitrogens with zero attached hydrogens (tertiary/aromatic N) is 1. The SMILES string of the molecule is CC(C)(C)OC(=O)C(CCC(CCC(=O)O)CCC(CCCN=C(N)N)CCC(CCCCc1ccccc1)Cc1ccccc1)C(O)C(C)(C)C. The lowest BCUT2D eigenvalue weighted by Gasteiger charge is -2.34. The molecule has 0 aromatic heterocycles. The Hall–Kier alpha value is -3.39. The van der Waals surface area contributed by atoms with Crippen LogP contribution in [-0.2, 0) is 27.2 Å². The van der Waals surface area contributed by atoms with Crippen LogP contribution in [0.5, 0.6) is 0 Å². The molecule has 0 fully saturated rings. The number of esters is 1. The van der Waals surface area contributed by atoms with Gasteiger partial charge in [0, 0.05) is 13.0 Å². The second-order valence-corrected chi connectivity index (χ2v) is 17.1. The van der Waals surface area contributed by atoms with Crippen molar-refractivity contribution in [3.8, 4) is 0 Å². The van der Waals surface area contributed by atoms with Crippen LogP contribution in [-0.4, -0.2) is 46.4 Å². The molecule has 0 aliphatic carbocycles. The number of ether oxygens (including phenoxy) is 1. The van der Waals surface area contributed by atoms with Crippen LogP contribution in [0.15, 0.2) is 65.7 Å². The molecular weight excluding hydrogens is 651 g/mol. The number of aliphatic carboxylic acids is 1. The van der Waals surface area contributed by atoms with E-state index in [1.54, 1.807) is 0 Å². The molecule has 0 spiro atoms. The van der Waals surface area contributed by atoms with Gasteiger partial charge in [0.2, 0.25) is 0 Å². The molecule has 0 radical (unpaired) electrons. The van der Waals surface area contributed by atoms with Crippen LogP contribution in [0.4, 0.5) is 0 Å². The fourth-order valence-corrected chi connectivity index (χ4v) is 7.23. The molecule has 0 bridgehead atoms. The zero-order valence-electron chi connectivity index (χ0n) is 33.2. The van der Waals surface area contributed by atoms with Crippen molar-refractivity contribution in [2.45, 2.75) is 150 Å². The molecule has 2 rings (SSSR count). The maximum atomic E-state index is 13.3. The second kappa shape index (κ2) is 23.3. The number of aliphatic imine (C=N–C) groups is 1. The van der Waals surface area contributed by atoms with Crippen LogP contribution >= 0.6 is 0 Å². The Labute approximate surface area is 315 Å². The molecule has 2 aromatic carbocycles. The van der Waals surface area contributed by atoms with Crippen LogP contribution in [0.2, 0.25) is 0 Å². The predicted octanol–water partition coefficient (Wildman–Crippen LogP) is 9.11. The third-order valence-corrected chi connectivity index (χ3v) is 10.2. The van der Waals surface area contributed by atoms with E-state index in [0.717, 1.165) is 51.4 Å². The highest BCUT2D eigenvalue weighted by molar-refractivity contribution is 5.75. The molecule has 5 unspecified atom stereocenters. The summed E-state index contributed by atoms with van der Waals surface area (Å²) in [5, 5.41) is 20.8. The summed E-state index contributed by atoms with van der Waals surface area (Å²) >= 11 is 0. The topological polar surface area (TPSA) is 148 Å². The fraction of sp³-hybridized carbons (Fsp3) is 0.659. The average molecular weight is 722 g/mol. The van der Waals surface area contributed by atoms with Crippen molar-refractivity contribution >= 4 is 17.9 Å². The zero-order chi connectivity index (χ0) is 38.6. The normalized spacial score (nSPS) is 14.9. The minimum Gasteiger partial charge on any atom is -0.481 e. The van der Waals surface area contributed by atoms with Gasteiger partial charge in [0.05, 0.1) is 12.0 Å². The average Bonchev–Trinajstić information content (AvgIpc) is 3.07. The standard InChI is InChI=1S/C44H71N3O5/c1-43(2,3)40(50)38(41(51)52-44(4,5)6)29-27-35(28-30-39(48)49)24-23-34(22-15-31-47-42(45)46)25-26-37(32-36-19-11-8-12-20-36)21-14-13-18-33-16-9-7-10-17-33/h7-12,16-17,19-20,34-35,37-38,40,50H,13-15,18,21-32H2,1-6H3,(H,48,49)(H4,45,46,47). The fourth-order valence-electron chi connectivity index (χ4n) is 7.23. The van der Waals surface area contributed by atoms with Gasteiger partial charge in [0.1, 0.15) is 5.60 Å². The first-order valence-corrected chi connectivity index (χ1v) is 19.8. The van der Waals surface area contributed by atoms with Crippen molar-refractivity contribution < 1.29 is 24.5 Å². The Kier molecular flexibility index (Phi) is 20.1. The highest BCUT2D eigenvalue weighted by Gasteiger charge is 2.38. The van der Waals surface area contributed by atoms with E-state index in [1.807, 2.05) is 41.5 Å². The maximum absolute atomic E-state index is 13.3. The van der Waals surface area contributed by atoms with Crippen molar-refractivity contribution in [3.05, 3.63) is 71.8 Å². The number of carboxylic acids is 1. The molecule has 0 heterocycles. The van der Waals surface area contributed by atoms with Crippen LogP contribution in [0, 0.1) is 29.1 Å². The number of rotatable bonds is 25. The van der Waals surface area contributed by atoms with Gasteiger partial charge in [-0.15, -0.1) is 0 Å². The molecule has 0 saturated carbocycles. The number of hydrogen-bond donors (Lipinski definition) is 4. The Morgan fingerprint density at radius 3 is 1.75 bits per heavy atom. The number of aryl methyl sites for hydroxylation is 1. The number of carboxylic acid groups (broad SMARTS) is 1. The van der Waals surface area contributed by atoms with E-state index in [2.05, 4.69) is 65.7 Å². The van der Waals surface area contributed by atoms with Crippen molar-refractivity contribution in [2.24, 2.45) is 45.5 Å². The molecule has 6 N–H and O–H groups in total. The minimum absolute atomic E-state index is 0.0842. The van der Waals surface area contributed by atoms with E-state index < -0.39 is 35.0 Å². The van der Waals surface area contributed by atoms with Crippen LogP contribution in [0.3, 0.4) is 0 Å². The summed E-state index contributed by atoms with van der Waals surface area (Å²) < 4.78 is 5.75. The van der Waals surface area contributed by atoms with Gasteiger partial charge in [-0.1, -0.05) is 114 Å². The number of carbonyl (C=O) groups is 2. The summed E-state index contributed by atoms with van der Waals surface area (Å²) in [5.74, 6) is -0.624. The minimum atomic E-state index is -0.875. The van der Waals surface area contributed by atoms with E-state index in [4.69, 9.17) is 16.2 Å². The number of aliphatic hydroxyl groups is 1. The van der Waals surface area contributed by atoms with Gasteiger partial charge in [-0.3, -0.25) is 14.6 Å². The van der Waals surface area contributed by atoms with Crippen molar-refractivity contribution in [3.63, 3.8) is 0 Å². The highest BCUT2D eigenvalue weighted by Crippen LogP contribution is 2.34. The van der Waals surface area contributed by atoms with Gasteiger partial charge in [0.15, 0.2) is 5.96 Å². The summed E-state index contributed by atoms with van der Waals surface area (Å²) in [6.07, 6.45) is 12.5. The Morgan fingerprint density at radius 1 is 0.692 bits per heavy atom. The molecule has 0 aliphatic heterocycles. The number of carbonyl (C=O) groups excluding carboxylic acids is 1. The summed E-state index contributed by atoms with van der Waals surface area (Å²) in [5.41, 5.74) is 12.8. The molecule has 52 heavy (non-hydrogen) atoms. The monoisotopic (exact) mass is 722 g/mol. The molecule has 8 heteroatoms. The molecule has 5 atom stereocenters. The Bertz CT molecular complexity index is 1300. The number of guanidine groups is 1. The molecule has 2 aromatic rings. The first-order valence-electron chi connectivity index (χ1n) is 19.8. The number of hydrogen-bond acceptors (Lipinski definition) is 5. The van der Waals surface area contributed by atoms with Gasteiger partial charge in [-0.25, -0.2) is 0 Å². The Balaban J connectivity index is 2.17. The number of unbranched alkanes of at least 4 members (excludes halogenated alkanes) is 1. The lowest BCUT2D eigenvalue weighted by atomic mass is 9.77. The van der Waals surface area contributed by atoms with E-state index in [9.17, 15) is 19.8 Å². The van der Waals surface area contributed by atoms with E-state index >= 15 is 0 Å². The number of aliphatic hydroxyl groups excluding tert-OH is 1. The smallest absolute Gasteiger partial charge is 0.312 e. The largest absolute Gasteiger partial charge is 0.481 e. The second-order valence-electron chi connectivity index (χ2n) is 17.1. The summed E-state index contributed by atoms with van der Waals surface area (Å²) in [6, 6.07) is 21.5. The Morgan fingerprint density at radius 2 is 1.21 bits per heavy atom. The molecule has 292 valence electrons. The maximum Gasteiger partial charge on any atom is 0.312 e. The molecule has 8 nitrogen and oxygen atoms in total. The molecular formula is C44H71N3O5. The molecule has 0 saturated heterocycles. The van der Waals surface area contributed by atoms with Crippen LogP contribution < -0.4 is 11.5 Å². The summed E-state index contributed by atoms with van der Waals surface area (Å²) in [6.45, 7) is 11.9. The third kappa shape index (κ3) is 20.0. The summed E-state index contributed by atoms with van der Waals surface area (Å²) in [4.78, 5) is 29.2. The first-order chi connectivity index (χ1) is 24.5. The van der Waals surface area contributed by atoms with Crippen molar-refractivity contribution in [1.82, 2.24) is 0 Å². The molecule has 0 amide bonds. The number of nitrogens with two attached hydrogens (primary N) is 2. The van der Waals surface area contributed by atoms with E-state index in [1.165, 1.54) is 30.4 Å². The third-order valence-electron chi connectivity index (χ3n) is 10.2. The van der Waals surface area contributed by atoms with Crippen molar-refractivity contribution in [1.29, 1.82) is 0 Å². The van der Waals surface area contributed by atoms with Crippen LogP contribution in [0.1, 0.15) is 136 Å². The quantitative estimate of drug-likeness (QED) is 0.0346. The van der Waals surface area contributed by atoms with Gasteiger partial charge in [-0.05, 0) is 113 Å². The van der Waals surface area contributed by atoms with Gasteiger partial charge in [0.25, 0.3) is 0 Å². The van der Waals surface area contributed by atoms with Gasteiger partial charge >= 0.3 is 11.9 Å². The lowest BCUT2D eigenvalue weighted by molar-refractivity contribution is -0.167. The first kappa shape index (κ1) is 44.8. The summed E-state index contributed by atoms with van der Waals surface area (Å²) in [7, 11) is 0. The predicted molar refractivity (Wildman–Crippen MR) is 214 cm³/mol. The zero-order valence-corrected chi connectivity index (χ0v) is 33.2. The van der Waals surface area contributed by atoms with Gasteiger partial charge in [-0.2, -0.15) is 0 Å². The highest BCUT2D eigenvalue weighted by atomic mass is 16.6. The van der Waals surface area contributed by atoms with E-state index in [-0.39, 0.29) is 18.3 Å². The van der Waals surface area contributed by atoms with Gasteiger partial charge < -0.3 is 26.4 Å². The lowest BCUT2D eigenvalue weighted by Crippen LogP contribution is -2.41. The number of benzene rings is 2. The van der Waals surface area contributed by atoms with Crippen molar-refractivity contribution in [2.75, 3.05) is 6.54 Å². The van der Waals surface area contributed by atoms with Crippen LogP contribution in [0.25, 0.3) is 0 Å². The van der Waals surface area contributed by atoms with E-state index in [0.29, 0.717) is 37.6 Å².